The van der Waals surface area contributed by atoms with Crippen molar-refractivity contribution in [1.82, 2.24) is 5.32 Å². The molecule has 0 rings (SSSR count). The Hall–Kier alpha value is -0.700. The van der Waals surface area contributed by atoms with Crippen LogP contribution in [-0.4, -0.2) is 41.2 Å². The van der Waals surface area contributed by atoms with Crippen molar-refractivity contribution in [3.63, 3.8) is 0 Å². The first-order valence-corrected chi connectivity index (χ1v) is 5.98. The molecule has 0 aliphatic heterocycles. The van der Waals surface area contributed by atoms with Gasteiger partial charge < -0.3 is 16.2 Å². The van der Waals surface area contributed by atoms with Gasteiger partial charge in [-0.3, -0.25) is 4.79 Å². The van der Waals surface area contributed by atoms with Gasteiger partial charge in [0.05, 0.1) is 12.6 Å². The molecule has 0 radical (unpaired) electrons. The third-order valence-electron chi connectivity index (χ3n) is 2.08. The Kier molecular flexibility index (Phi) is 7.22. The molecule has 0 aromatic rings. The molecule has 4 N–H and O–H groups in total. The number of nitrogens with two attached hydrogens (primary N) is 1. The zero-order valence-corrected chi connectivity index (χ0v) is 9.88. The number of hydrogen-bond donors (Lipinski definition) is 3. The fraction of sp³-hybridized carbons (Fsp3) is 0.700. The average molecular weight is 230 g/mol. The molecule has 0 saturated heterocycles. The molecule has 0 aromatic carbocycles. The van der Waals surface area contributed by atoms with E-state index in [1.807, 2.05) is 13.2 Å². The van der Waals surface area contributed by atoms with Gasteiger partial charge >= 0.3 is 0 Å². The van der Waals surface area contributed by atoms with E-state index in [2.05, 4.69) is 11.2 Å². The Bertz CT molecular complexity index is 236. The summed E-state index contributed by atoms with van der Waals surface area (Å²) in [5.74, 6) is 2.07. The highest BCUT2D eigenvalue weighted by Gasteiger charge is 2.20. The molecule has 0 aliphatic rings. The summed E-state index contributed by atoms with van der Waals surface area (Å²) in [6.07, 6.45) is 7.16. The number of aliphatic hydroxyl groups excluding tert-OH is 1. The van der Waals surface area contributed by atoms with Gasteiger partial charge in [-0.2, -0.15) is 11.8 Å². The molecule has 0 heterocycles. The van der Waals surface area contributed by atoms with Crippen molar-refractivity contribution in [2.45, 2.75) is 30.7 Å². The highest BCUT2D eigenvalue weighted by Crippen LogP contribution is 2.10. The molecule has 15 heavy (non-hydrogen) atoms. The Morgan fingerprint density at radius 1 is 1.73 bits per heavy atom. The third kappa shape index (κ3) is 5.07. The number of rotatable bonds is 6. The third-order valence-corrected chi connectivity index (χ3v) is 3.25. The van der Waals surface area contributed by atoms with Crippen molar-refractivity contribution in [3.8, 4) is 12.3 Å². The van der Waals surface area contributed by atoms with Crippen molar-refractivity contribution in [3.05, 3.63) is 0 Å². The van der Waals surface area contributed by atoms with Crippen LogP contribution in [0, 0.1) is 12.3 Å². The lowest BCUT2D eigenvalue weighted by atomic mass is 10.2. The fourth-order valence-corrected chi connectivity index (χ4v) is 1.71. The summed E-state index contributed by atoms with van der Waals surface area (Å²) >= 11 is 1.50. The van der Waals surface area contributed by atoms with Crippen molar-refractivity contribution in [2.24, 2.45) is 5.73 Å². The number of aliphatic hydroxyl groups is 1. The maximum Gasteiger partial charge on any atom is 0.238 e. The zero-order chi connectivity index (χ0) is 11.8. The van der Waals surface area contributed by atoms with E-state index in [-0.39, 0.29) is 30.2 Å². The van der Waals surface area contributed by atoms with Gasteiger partial charge in [-0.15, -0.1) is 12.3 Å². The lowest BCUT2D eigenvalue weighted by molar-refractivity contribution is -0.122. The number of amides is 1. The summed E-state index contributed by atoms with van der Waals surface area (Å²) in [4.78, 5) is 11.5. The Morgan fingerprint density at radius 2 is 2.33 bits per heavy atom. The summed E-state index contributed by atoms with van der Waals surface area (Å²) in [7, 11) is 0. The second-order valence-electron chi connectivity index (χ2n) is 3.27. The minimum Gasteiger partial charge on any atom is -0.395 e. The monoisotopic (exact) mass is 230 g/mol. The molecule has 5 heteroatoms. The molecule has 0 spiro atoms. The van der Waals surface area contributed by atoms with Gasteiger partial charge in [0.1, 0.15) is 0 Å². The van der Waals surface area contributed by atoms with Gasteiger partial charge in [-0.25, -0.2) is 0 Å². The van der Waals surface area contributed by atoms with E-state index in [0.717, 1.165) is 0 Å². The molecule has 86 valence electrons. The van der Waals surface area contributed by atoms with Crippen molar-refractivity contribution in [1.29, 1.82) is 0 Å². The number of hydrogen-bond acceptors (Lipinski definition) is 4. The van der Waals surface area contributed by atoms with Gasteiger partial charge in [0.25, 0.3) is 0 Å². The topological polar surface area (TPSA) is 75.4 Å². The van der Waals surface area contributed by atoms with Gasteiger partial charge in [-0.1, -0.05) is 0 Å². The molecular weight excluding hydrogens is 212 g/mol. The minimum atomic E-state index is -0.668. The van der Waals surface area contributed by atoms with Crippen LogP contribution in [0.3, 0.4) is 0 Å². The van der Waals surface area contributed by atoms with Gasteiger partial charge in [-0.05, 0) is 13.2 Å². The highest BCUT2D eigenvalue weighted by molar-refractivity contribution is 7.99. The summed E-state index contributed by atoms with van der Waals surface area (Å²) < 4.78 is 0. The SMILES string of the molecule is C#CCC(N)C(=O)NC(C)C(CO)SC. The molecule has 4 nitrogen and oxygen atoms in total. The summed E-state index contributed by atoms with van der Waals surface area (Å²) in [5.41, 5.74) is 5.54. The van der Waals surface area contributed by atoms with Crippen LogP contribution in [-0.2, 0) is 4.79 Å². The summed E-state index contributed by atoms with van der Waals surface area (Å²) in [6.45, 7) is 1.85. The molecule has 3 atom stereocenters. The van der Waals surface area contributed by atoms with Crippen molar-refractivity contribution < 1.29 is 9.90 Å². The first kappa shape index (κ1) is 14.3. The molecule has 0 aliphatic carbocycles. The van der Waals surface area contributed by atoms with E-state index >= 15 is 0 Å². The van der Waals surface area contributed by atoms with Crippen LogP contribution >= 0.6 is 11.8 Å². The largest absolute Gasteiger partial charge is 0.395 e. The number of carbonyl (C=O) groups excluding carboxylic acids is 1. The van der Waals surface area contributed by atoms with Crippen molar-refractivity contribution in [2.75, 3.05) is 12.9 Å². The maximum atomic E-state index is 11.5. The Balaban J connectivity index is 4.11. The van der Waals surface area contributed by atoms with E-state index in [1.54, 1.807) is 0 Å². The zero-order valence-electron chi connectivity index (χ0n) is 9.06. The van der Waals surface area contributed by atoms with Crippen LogP contribution in [0.5, 0.6) is 0 Å². The van der Waals surface area contributed by atoms with E-state index in [9.17, 15) is 4.79 Å². The molecule has 0 fully saturated rings. The number of carbonyl (C=O) groups is 1. The van der Waals surface area contributed by atoms with Gasteiger partial charge in [0.15, 0.2) is 0 Å². The van der Waals surface area contributed by atoms with Crippen LogP contribution in [0.25, 0.3) is 0 Å². The lowest BCUT2D eigenvalue weighted by Gasteiger charge is -2.22. The molecule has 0 saturated carbocycles. The first-order chi connectivity index (χ1) is 7.06. The van der Waals surface area contributed by atoms with E-state index in [1.165, 1.54) is 11.8 Å². The van der Waals surface area contributed by atoms with Crippen LogP contribution < -0.4 is 11.1 Å². The molecule has 0 aromatic heterocycles. The van der Waals surface area contributed by atoms with Crippen LogP contribution in [0.2, 0.25) is 0 Å². The average Bonchev–Trinajstić information content (AvgIpc) is 2.19. The van der Waals surface area contributed by atoms with Crippen molar-refractivity contribution >= 4 is 17.7 Å². The minimum absolute atomic E-state index is 0.0208. The predicted octanol–water partition coefficient (Wildman–Crippen LogP) is -0.434. The maximum absolute atomic E-state index is 11.5. The first-order valence-electron chi connectivity index (χ1n) is 4.69. The quantitative estimate of drug-likeness (QED) is 0.541. The molecule has 0 bridgehead atoms. The second kappa shape index (κ2) is 7.57. The number of nitrogens with one attached hydrogen (secondary N) is 1. The normalized spacial score (nSPS) is 16.2. The Labute approximate surface area is 95.0 Å². The number of thioether (sulfide) groups is 1. The Morgan fingerprint density at radius 3 is 2.73 bits per heavy atom. The van der Waals surface area contributed by atoms with Crippen LogP contribution in [0.15, 0.2) is 0 Å². The van der Waals surface area contributed by atoms with E-state index in [0.29, 0.717) is 0 Å². The van der Waals surface area contributed by atoms with Crippen LogP contribution in [0.4, 0.5) is 0 Å². The standard InChI is InChI=1S/C10H18N2O2S/c1-4-5-8(11)10(14)12-7(2)9(6-13)15-3/h1,7-9,13H,5-6,11H2,2-3H3,(H,12,14). The van der Waals surface area contributed by atoms with E-state index in [4.69, 9.17) is 17.3 Å². The fourth-order valence-electron chi connectivity index (χ4n) is 1.08. The van der Waals surface area contributed by atoms with E-state index < -0.39 is 6.04 Å². The number of terminal acetylenes is 1. The lowest BCUT2D eigenvalue weighted by Crippen LogP contribution is -2.48. The smallest absolute Gasteiger partial charge is 0.238 e. The molecule has 3 unspecified atom stereocenters. The van der Waals surface area contributed by atoms with Crippen LogP contribution in [0.1, 0.15) is 13.3 Å². The molecular formula is C10H18N2O2S. The molecule has 1 amide bonds. The highest BCUT2D eigenvalue weighted by atomic mass is 32.2. The van der Waals surface area contributed by atoms with Gasteiger partial charge in [0.2, 0.25) is 5.91 Å². The summed E-state index contributed by atoms with van der Waals surface area (Å²) in [5, 5.41) is 11.7. The second-order valence-corrected chi connectivity index (χ2v) is 4.35. The summed E-state index contributed by atoms with van der Waals surface area (Å²) in [6, 6.07) is -0.792. The predicted molar refractivity (Wildman–Crippen MR) is 63.4 cm³/mol. The van der Waals surface area contributed by atoms with Gasteiger partial charge in [0, 0.05) is 17.7 Å².